The molecule has 0 radical (unpaired) electrons. The summed E-state index contributed by atoms with van der Waals surface area (Å²) in [6, 6.07) is 4.73. The summed E-state index contributed by atoms with van der Waals surface area (Å²) in [4.78, 5) is 0.170. The van der Waals surface area contributed by atoms with Gasteiger partial charge in [0.1, 0.15) is 0 Å². The number of aryl methyl sites for hydroxylation is 1. The van der Waals surface area contributed by atoms with E-state index in [-0.39, 0.29) is 18.0 Å². The first kappa shape index (κ1) is 15.4. The lowest BCUT2D eigenvalue weighted by molar-refractivity contribution is 0.163. The van der Waals surface area contributed by atoms with Gasteiger partial charge >= 0.3 is 0 Å². The van der Waals surface area contributed by atoms with Gasteiger partial charge in [-0.1, -0.05) is 31.5 Å². The number of benzene rings is 1. The first-order chi connectivity index (χ1) is 8.18. The topological polar surface area (TPSA) is 66.4 Å². The van der Waals surface area contributed by atoms with Crippen molar-refractivity contribution in [1.82, 2.24) is 4.72 Å². The van der Waals surface area contributed by atoms with Crippen LogP contribution in [0.25, 0.3) is 0 Å². The van der Waals surface area contributed by atoms with Gasteiger partial charge in [-0.3, -0.25) is 0 Å². The average molecular weight is 292 g/mol. The summed E-state index contributed by atoms with van der Waals surface area (Å²) in [5, 5.41) is 9.48. The monoisotopic (exact) mass is 291 g/mol. The van der Waals surface area contributed by atoms with Crippen LogP contribution in [0.1, 0.15) is 19.4 Å². The quantitative estimate of drug-likeness (QED) is 0.871. The van der Waals surface area contributed by atoms with Gasteiger partial charge in [0.25, 0.3) is 0 Å². The molecule has 0 aliphatic rings. The third-order valence-corrected chi connectivity index (χ3v) is 4.39. The molecule has 0 fully saturated rings. The van der Waals surface area contributed by atoms with E-state index in [0.717, 1.165) is 0 Å². The maximum Gasteiger partial charge on any atom is 0.240 e. The molecule has 0 unspecified atom stereocenters. The Morgan fingerprint density at radius 1 is 1.39 bits per heavy atom. The van der Waals surface area contributed by atoms with Crippen LogP contribution >= 0.6 is 11.6 Å². The minimum absolute atomic E-state index is 0.0932. The number of rotatable bonds is 5. The maximum absolute atomic E-state index is 12.1. The highest BCUT2D eigenvalue weighted by molar-refractivity contribution is 7.89. The highest BCUT2D eigenvalue weighted by atomic mass is 35.5. The van der Waals surface area contributed by atoms with Crippen LogP contribution < -0.4 is 4.72 Å². The van der Waals surface area contributed by atoms with E-state index in [1.165, 1.54) is 6.07 Å². The molecule has 0 aromatic heterocycles. The van der Waals surface area contributed by atoms with E-state index in [2.05, 4.69) is 4.72 Å². The zero-order valence-electron chi connectivity index (χ0n) is 10.7. The Balaban J connectivity index is 2.97. The molecule has 1 rings (SSSR count). The second-order valence-electron chi connectivity index (χ2n) is 5.06. The van der Waals surface area contributed by atoms with Crippen LogP contribution in [0.3, 0.4) is 0 Å². The minimum Gasteiger partial charge on any atom is -0.396 e. The molecule has 2 N–H and O–H groups in total. The molecule has 0 saturated heterocycles. The number of nitrogens with one attached hydrogen (secondary N) is 1. The summed E-state index contributed by atoms with van der Waals surface area (Å²) in [5.74, 6) is 0. The van der Waals surface area contributed by atoms with Gasteiger partial charge in [0.05, 0.1) is 4.90 Å². The minimum atomic E-state index is -3.60. The van der Waals surface area contributed by atoms with Crippen molar-refractivity contribution in [3.63, 3.8) is 0 Å². The lowest BCUT2D eigenvalue weighted by atomic mass is 9.96. The lowest BCUT2D eigenvalue weighted by Gasteiger charge is -2.22. The zero-order chi connectivity index (χ0) is 14.0. The molecular weight excluding hydrogens is 274 g/mol. The molecule has 1 aromatic rings. The fourth-order valence-electron chi connectivity index (χ4n) is 1.29. The Kier molecular flexibility index (Phi) is 4.78. The number of aliphatic hydroxyl groups excluding tert-OH is 1. The molecule has 4 nitrogen and oxygen atoms in total. The predicted octanol–water partition coefficient (Wildman–Crippen LogP) is 1.95. The van der Waals surface area contributed by atoms with E-state index in [9.17, 15) is 8.42 Å². The Hall–Kier alpha value is -0.620. The van der Waals surface area contributed by atoms with E-state index >= 15 is 0 Å². The first-order valence-electron chi connectivity index (χ1n) is 5.55. The van der Waals surface area contributed by atoms with Crippen LogP contribution in [0.5, 0.6) is 0 Å². The van der Waals surface area contributed by atoms with Gasteiger partial charge in [-0.2, -0.15) is 0 Å². The molecule has 0 aliphatic carbocycles. The van der Waals surface area contributed by atoms with E-state index < -0.39 is 15.4 Å². The van der Waals surface area contributed by atoms with Crippen LogP contribution in [0.4, 0.5) is 0 Å². The van der Waals surface area contributed by atoms with Gasteiger partial charge in [-0.15, -0.1) is 0 Å². The first-order valence-corrected chi connectivity index (χ1v) is 7.41. The van der Waals surface area contributed by atoms with Crippen molar-refractivity contribution in [2.45, 2.75) is 25.7 Å². The second-order valence-corrected chi connectivity index (χ2v) is 7.23. The van der Waals surface area contributed by atoms with Crippen LogP contribution in [-0.2, 0) is 10.0 Å². The van der Waals surface area contributed by atoms with Crippen molar-refractivity contribution in [3.05, 3.63) is 28.8 Å². The summed E-state index contributed by atoms with van der Waals surface area (Å²) in [7, 11) is -3.60. The van der Waals surface area contributed by atoms with Crippen molar-refractivity contribution in [2.75, 3.05) is 13.2 Å². The largest absolute Gasteiger partial charge is 0.396 e. The average Bonchev–Trinajstić information content (AvgIpc) is 2.30. The molecular formula is C12H18ClNO3S. The van der Waals surface area contributed by atoms with Crippen molar-refractivity contribution in [3.8, 4) is 0 Å². The van der Waals surface area contributed by atoms with Crippen LogP contribution in [0, 0.1) is 12.3 Å². The Morgan fingerprint density at radius 3 is 2.56 bits per heavy atom. The summed E-state index contributed by atoms with van der Waals surface area (Å²) < 4.78 is 26.7. The van der Waals surface area contributed by atoms with Crippen LogP contribution in [0.2, 0.25) is 5.02 Å². The number of sulfonamides is 1. The molecule has 0 bridgehead atoms. The maximum atomic E-state index is 12.1. The van der Waals surface area contributed by atoms with Crippen molar-refractivity contribution >= 4 is 21.6 Å². The summed E-state index contributed by atoms with van der Waals surface area (Å²) in [5.41, 5.74) is 0.133. The van der Waals surface area contributed by atoms with Gasteiger partial charge in [-0.25, -0.2) is 13.1 Å². The highest BCUT2D eigenvalue weighted by Crippen LogP contribution is 2.21. The molecule has 0 saturated carbocycles. The number of hydrogen-bond acceptors (Lipinski definition) is 3. The van der Waals surface area contributed by atoms with Gasteiger partial charge in [0.15, 0.2) is 0 Å². The molecule has 0 atom stereocenters. The van der Waals surface area contributed by atoms with Crippen LogP contribution in [-0.4, -0.2) is 26.7 Å². The molecule has 0 heterocycles. The van der Waals surface area contributed by atoms with Gasteiger partial charge in [-0.05, 0) is 24.6 Å². The summed E-state index contributed by atoms with van der Waals surface area (Å²) in [6.07, 6.45) is 0. The van der Waals surface area contributed by atoms with Crippen molar-refractivity contribution in [2.24, 2.45) is 5.41 Å². The van der Waals surface area contributed by atoms with E-state index in [1.54, 1.807) is 32.9 Å². The number of halogens is 1. The van der Waals surface area contributed by atoms with E-state index in [4.69, 9.17) is 16.7 Å². The van der Waals surface area contributed by atoms with E-state index in [0.29, 0.717) is 10.6 Å². The summed E-state index contributed by atoms with van der Waals surface area (Å²) >= 11 is 5.81. The molecule has 6 heteroatoms. The predicted molar refractivity (Wildman–Crippen MR) is 72.2 cm³/mol. The van der Waals surface area contributed by atoms with Crippen LogP contribution in [0.15, 0.2) is 23.1 Å². The van der Waals surface area contributed by atoms with Crippen molar-refractivity contribution in [1.29, 1.82) is 0 Å². The van der Waals surface area contributed by atoms with E-state index in [1.807, 2.05) is 0 Å². The molecule has 0 amide bonds. The number of hydrogen-bond donors (Lipinski definition) is 2. The Labute approximate surface area is 113 Å². The second kappa shape index (κ2) is 5.57. The summed E-state index contributed by atoms with van der Waals surface area (Å²) in [6.45, 7) is 5.34. The fraction of sp³-hybridized carbons (Fsp3) is 0.500. The molecule has 0 spiro atoms. The van der Waals surface area contributed by atoms with Gasteiger partial charge in [0.2, 0.25) is 10.0 Å². The van der Waals surface area contributed by atoms with Gasteiger partial charge < -0.3 is 5.11 Å². The normalized spacial score (nSPS) is 12.7. The Bertz CT molecular complexity index is 526. The highest BCUT2D eigenvalue weighted by Gasteiger charge is 2.22. The zero-order valence-corrected chi connectivity index (χ0v) is 12.3. The smallest absolute Gasteiger partial charge is 0.240 e. The molecule has 1 aromatic carbocycles. The third-order valence-electron chi connectivity index (χ3n) is 2.61. The lowest BCUT2D eigenvalue weighted by Crippen LogP contribution is -2.36. The SMILES string of the molecule is Cc1ccc(Cl)cc1S(=O)(=O)NCC(C)(C)CO. The standard InChI is InChI=1S/C12H18ClNO3S/c1-9-4-5-10(13)6-11(9)18(16,17)14-7-12(2,3)8-15/h4-6,14-15H,7-8H2,1-3H3. The molecule has 0 aliphatic heterocycles. The number of aliphatic hydroxyl groups is 1. The third kappa shape index (κ3) is 3.95. The van der Waals surface area contributed by atoms with Gasteiger partial charge in [0, 0.05) is 23.6 Å². The Morgan fingerprint density at radius 2 is 2.00 bits per heavy atom. The fourth-order valence-corrected chi connectivity index (χ4v) is 3.03. The molecule has 18 heavy (non-hydrogen) atoms. The van der Waals surface area contributed by atoms with Crippen molar-refractivity contribution < 1.29 is 13.5 Å². The molecule has 102 valence electrons.